The van der Waals surface area contributed by atoms with Crippen molar-refractivity contribution in [2.24, 2.45) is 0 Å². The molecule has 1 atom stereocenters. The lowest BCUT2D eigenvalue weighted by Crippen LogP contribution is -2.46. The first-order valence-corrected chi connectivity index (χ1v) is 9.98. The van der Waals surface area contributed by atoms with Crippen LogP contribution in [0.15, 0.2) is 46.9 Å². The van der Waals surface area contributed by atoms with Gasteiger partial charge in [0.15, 0.2) is 0 Å². The summed E-state index contributed by atoms with van der Waals surface area (Å²) in [6.45, 7) is 1.72. The Bertz CT molecular complexity index is 1150. The highest BCUT2D eigenvalue weighted by Crippen LogP contribution is 2.31. The maximum atomic E-state index is 13.4. The smallest absolute Gasteiger partial charge is 0.410 e. The Morgan fingerprint density at radius 2 is 2.06 bits per heavy atom. The van der Waals surface area contributed by atoms with E-state index in [9.17, 15) is 19.1 Å². The summed E-state index contributed by atoms with van der Waals surface area (Å²) >= 11 is 5.78. The van der Waals surface area contributed by atoms with E-state index in [4.69, 9.17) is 20.8 Å². The number of aromatic nitrogens is 2. The summed E-state index contributed by atoms with van der Waals surface area (Å²) in [5.74, 6) is -2.87. The van der Waals surface area contributed by atoms with Crippen molar-refractivity contribution >= 4 is 29.3 Å². The van der Waals surface area contributed by atoms with Gasteiger partial charge in [0.25, 0.3) is 11.7 Å². The summed E-state index contributed by atoms with van der Waals surface area (Å²) in [5.41, 5.74) is 1.57. The van der Waals surface area contributed by atoms with Gasteiger partial charge in [-0.25, -0.2) is 9.18 Å². The molecule has 1 saturated heterocycles. The fourth-order valence-electron chi connectivity index (χ4n) is 3.30. The first kappa shape index (κ1) is 21.7. The standard InChI is InChI=1S/C21H18ClFN4O5/c1-12-25-26-18(31-12)14-2-4-17(5-3-14)27-7-6-21(30,19(27)28)32-20(29)24-11-13-8-15(22)10-16(23)9-13/h2-5,8-10,30H,6-7,11H2,1H3,(H,24,29)/t21-/m1/s1. The molecule has 32 heavy (non-hydrogen) atoms. The van der Waals surface area contributed by atoms with Gasteiger partial charge in [-0.3, -0.25) is 4.79 Å². The molecule has 1 aliphatic heterocycles. The second-order valence-electron chi connectivity index (χ2n) is 7.19. The minimum atomic E-state index is -2.31. The molecule has 0 saturated carbocycles. The van der Waals surface area contributed by atoms with Crippen LogP contribution >= 0.6 is 11.6 Å². The Morgan fingerprint density at radius 3 is 2.72 bits per heavy atom. The number of hydrogen-bond acceptors (Lipinski definition) is 7. The molecule has 1 aliphatic rings. The molecular formula is C21H18ClFN4O5. The van der Waals surface area contributed by atoms with Gasteiger partial charge >= 0.3 is 6.09 Å². The summed E-state index contributed by atoms with van der Waals surface area (Å²) in [5, 5.41) is 20.8. The number of amides is 2. The van der Waals surface area contributed by atoms with E-state index in [1.165, 1.54) is 17.0 Å². The molecule has 1 aromatic heterocycles. The van der Waals surface area contributed by atoms with Crippen molar-refractivity contribution < 1.29 is 28.2 Å². The number of benzene rings is 2. The Labute approximate surface area is 186 Å². The molecule has 2 amide bonds. The SMILES string of the molecule is Cc1nnc(-c2ccc(N3CC[C@@](O)(OC(=O)NCc4cc(F)cc(Cl)c4)C3=O)cc2)o1. The number of nitrogens with one attached hydrogen (secondary N) is 1. The van der Waals surface area contributed by atoms with Crippen molar-refractivity contribution in [1.82, 2.24) is 15.5 Å². The van der Waals surface area contributed by atoms with E-state index in [1.54, 1.807) is 31.2 Å². The lowest BCUT2D eigenvalue weighted by atomic mass is 10.2. The predicted octanol–water partition coefficient (Wildman–Crippen LogP) is 3.19. The average Bonchev–Trinajstić information content (AvgIpc) is 3.30. The third-order valence-electron chi connectivity index (χ3n) is 4.83. The Morgan fingerprint density at radius 1 is 1.31 bits per heavy atom. The number of aryl methyl sites for hydroxylation is 1. The first-order valence-electron chi connectivity index (χ1n) is 9.60. The second kappa shape index (κ2) is 8.56. The van der Waals surface area contributed by atoms with Crippen LogP contribution in [0.25, 0.3) is 11.5 Å². The molecule has 11 heteroatoms. The fourth-order valence-corrected chi connectivity index (χ4v) is 3.54. The monoisotopic (exact) mass is 460 g/mol. The van der Waals surface area contributed by atoms with Gasteiger partial charge in [0.2, 0.25) is 11.8 Å². The van der Waals surface area contributed by atoms with Crippen LogP contribution in [0.1, 0.15) is 17.9 Å². The molecule has 2 aromatic carbocycles. The average molecular weight is 461 g/mol. The zero-order valence-corrected chi connectivity index (χ0v) is 17.6. The van der Waals surface area contributed by atoms with Gasteiger partial charge in [0.05, 0.1) is 0 Å². The van der Waals surface area contributed by atoms with Gasteiger partial charge in [-0.2, -0.15) is 0 Å². The van der Waals surface area contributed by atoms with Gasteiger partial charge in [-0.15, -0.1) is 10.2 Å². The maximum Gasteiger partial charge on any atom is 0.410 e. The normalized spacial score (nSPS) is 18.1. The molecule has 1 fully saturated rings. The second-order valence-corrected chi connectivity index (χ2v) is 7.62. The van der Waals surface area contributed by atoms with Crippen molar-refractivity contribution in [3.63, 3.8) is 0 Å². The van der Waals surface area contributed by atoms with E-state index >= 15 is 0 Å². The number of ether oxygens (including phenoxy) is 1. The maximum absolute atomic E-state index is 13.4. The van der Waals surface area contributed by atoms with Crippen LogP contribution in [-0.4, -0.2) is 39.6 Å². The highest BCUT2D eigenvalue weighted by atomic mass is 35.5. The minimum absolute atomic E-state index is 0.0963. The van der Waals surface area contributed by atoms with E-state index in [2.05, 4.69) is 15.5 Å². The molecule has 4 rings (SSSR count). The summed E-state index contributed by atoms with van der Waals surface area (Å²) in [4.78, 5) is 26.2. The first-order chi connectivity index (χ1) is 15.2. The Kier molecular flexibility index (Phi) is 5.81. The van der Waals surface area contributed by atoms with Crippen LogP contribution < -0.4 is 10.2 Å². The molecule has 0 radical (unpaired) electrons. The lowest BCUT2D eigenvalue weighted by molar-refractivity contribution is -0.175. The Hall–Kier alpha value is -3.50. The van der Waals surface area contributed by atoms with Gasteiger partial charge in [-0.1, -0.05) is 11.6 Å². The van der Waals surface area contributed by atoms with Crippen molar-refractivity contribution in [1.29, 1.82) is 0 Å². The molecule has 0 unspecified atom stereocenters. The molecule has 0 spiro atoms. The van der Waals surface area contributed by atoms with Crippen LogP contribution in [0.2, 0.25) is 5.02 Å². The molecule has 9 nitrogen and oxygen atoms in total. The predicted molar refractivity (Wildman–Crippen MR) is 111 cm³/mol. The van der Waals surface area contributed by atoms with Gasteiger partial charge in [-0.05, 0) is 48.0 Å². The van der Waals surface area contributed by atoms with E-state index in [0.29, 0.717) is 28.6 Å². The number of halogens is 2. The van der Waals surface area contributed by atoms with Gasteiger partial charge < -0.3 is 24.5 Å². The van der Waals surface area contributed by atoms with E-state index in [-0.39, 0.29) is 24.5 Å². The number of rotatable bonds is 5. The van der Waals surface area contributed by atoms with Crippen LogP contribution in [0, 0.1) is 12.7 Å². The topological polar surface area (TPSA) is 118 Å². The molecule has 0 aliphatic carbocycles. The van der Waals surface area contributed by atoms with Crippen molar-refractivity contribution in [2.45, 2.75) is 25.7 Å². The van der Waals surface area contributed by atoms with Crippen LogP contribution in [0.3, 0.4) is 0 Å². The third-order valence-corrected chi connectivity index (χ3v) is 5.04. The number of aliphatic hydroxyl groups is 1. The summed E-state index contributed by atoms with van der Waals surface area (Å²) < 4.78 is 23.7. The van der Waals surface area contributed by atoms with Crippen LogP contribution in [0.4, 0.5) is 14.9 Å². The largest absolute Gasteiger partial charge is 0.421 e. The van der Waals surface area contributed by atoms with Crippen molar-refractivity contribution in [2.75, 3.05) is 11.4 Å². The molecule has 166 valence electrons. The van der Waals surface area contributed by atoms with Gasteiger partial charge in [0, 0.05) is 42.7 Å². The Balaban J connectivity index is 1.38. The molecule has 2 heterocycles. The molecule has 0 bridgehead atoms. The number of hydrogen-bond donors (Lipinski definition) is 2. The molecular weight excluding hydrogens is 443 g/mol. The van der Waals surface area contributed by atoms with Crippen molar-refractivity contribution in [3.05, 3.63) is 64.8 Å². The minimum Gasteiger partial charge on any atom is -0.421 e. The lowest BCUT2D eigenvalue weighted by Gasteiger charge is -2.22. The zero-order valence-electron chi connectivity index (χ0n) is 16.8. The summed E-state index contributed by atoms with van der Waals surface area (Å²) in [6, 6.07) is 10.5. The number of anilines is 1. The quantitative estimate of drug-likeness (QED) is 0.561. The number of carbonyl (C=O) groups is 2. The van der Waals surface area contributed by atoms with E-state index < -0.39 is 23.6 Å². The number of carbonyl (C=O) groups excluding carboxylic acids is 2. The third kappa shape index (κ3) is 4.56. The summed E-state index contributed by atoms with van der Waals surface area (Å²) in [6.07, 6.45) is -1.14. The molecule has 3 aromatic rings. The zero-order chi connectivity index (χ0) is 22.9. The number of nitrogens with zero attached hydrogens (tertiary/aromatic N) is 3. The van der Waals surface area contributed by atoms with Crippen LogP contribution in [-0.2, 0) is 16.1 Å². The van der Waals surface area contributed by atoms with Crippen LogP contribution in [0.5, 0.6) is 0 Å². The fraction of sp³-hybridized carbons (Fsp3) is 0.238. The van der Waals surface area contributed by atoms with Gasteiger partial charge in [0.1, 0.15) is 5.82 Å². The highest BCUT2D eigenvalue weighted by Gasteiger charge is 2.49. The molecule has 2 N–H and O–H groups in total. The van der Waals surface area contributed by atoms with E-state index in [1.807, 2.05) is 0 Å². The number of alkyl carbamates (subject to hydrolysis) is 1. The van der Waals surface area contributed by atoms with E-state index in [0.717, 1.165) is 6.07 Å². The summed E-state index contributed by atoms with van der Waals surface area (Å²) in [7, 11) is 0. The van der Waals surface area contributed by atoms with Crippen molar-refractivity contribution in [3.8, 4) is 11.5 Å². The highest BCUT2D eigenvalue weighted by molar-refractivity contribution is 6.30.